The number of benzene rings is 2. The Morgan fingerprint density at radius 1 is 0.844 bits per heavy atom. The van der Waals surface area contributed by atoms with Gasteiger partial charge in [-0.05, 0) is 56.3 Å². The Morgan fingerprint density at radius 2 is 1.59 bits per heavy atom. The highest BCUT2D eigenvalue weighted by Crippen LogP contribution is 2.27. The molecule has 2 aromatic carbocycles. The van der Waals surface area contributed by atoms with Crippen molar-refractivity contribution >= 4 is 45.8 Å². The summed E-state index contributed by atoms with van der Waals surface area (Å²) in [6.45, 7) is 3.89. The van der Waals surface area contributed by atoms with Crippen molar-refractivity contribution in [3.8, 4) is 5.69 Å². The molecule has 3 heterocycles. The third kappa shape index (κ3) is 4.08. The number of nitrogens with one attached hydrogen (secondary N) is 2. The molecule has 0 aliphatic carbocycles. The number of fused-ring (bicyclic) bond motifs is 1. The Morgan fingerprint density at radius 3 is 2.38 bits per heavy atom. The number of rotatable bonds is 5. The molecule has 0 bridgehead atoms. The number of aryl methyl sites for hydroxylation is 2. The van der Waals surface area contributed by atoms with E-state index in [1.54, 1.807) is 10.9 Å². The molecule has 5 rings (SSSR count). The lowest BCUT2D eigenvalue weighted by Gasteiger charge is -2.10. The van der Waals surface area contributed by atoms with Crippen LogP contribution in [0.5, 0.6) is 0 Å². The Kier molecular flexibility index (Phi) is 5.12. The molecular weight excluding hydrogens is 424 g/mol. The molecule has 0 fully saturated rings. The van der Waals surface area contributed by atoms with E-state index in [1.165, 1.54) is 6.33 Å². The zero-order valence-corrected chi connectivity index (χ0v) is 18.2. The maximum atomic E-state index is 6.14. The predicted octanol–water partition coefficient (Wildman–Crippen LogP) is 5.36. The van der Waals surface area contributed by atoms with E-state index in [1.807, 2.05) is 68.4 Å². The van der Waals surface area contributed by atoms with Crippen molar-refractivity contribution < 1.29 is 0 Å². The Balaban J connectivity index is 1.44. The van der Waals surface area contributed by atoms with Gasteiger partial charge < -0.3 is 10.6 Å². The van der Waals surface area contributed by atoms with Crippen LogP contribution in [0.15, 0.2) is 67.1 Å². The minimum Gasteiger partial charge on any atom is -0.339 e. The number of aromatic nitrogens is 6. The van der Waals surface area contributed by atoms with E-state index in [-0.39, 0.29) is 0 Å². The highest BCUT2D eigenvalue weighted by atomic mass is 35.5. The molecule has 0 amide bonds. The van der Waals surface area contributed by atoms with Gasteiger partial charge in [0.25, 0.3) is 0 Å². The van der Waals surface area contributed by atoms with E-state index in [4.69, 9.17) is 11.6 Å². The second-order valence-corrected chi connectivity index (χ2v) is 7.74. The molecule has 0 unspecified atom stereocenters. The lowest BCUT2D eigenvalue weighted by Crippen LogP contribution is -2.01. The van der Waals surface area contributed by atoms with Gasteiger partial charge in [0.2, 0.25) is 5.95 Å². The highest BCUT2D eigenvalue weighted by molar-refractivity contribution is 6.30. The average molecular weight is 443 g/mol. The van der Waals surface area contributed by atoms with Crippen LogP contribution in [0.4, 0.5) is 23.1 Å². The van der Waals surface area contributed by atoms with Crippen LogP contribution in [-0.2, 0) is 0 Å². The van der Waals surface area contributed by atoms with Gasteiger partial charge in [0.1, 0.15) is 12.1 Å². The van der Waals surface area contributed by atoms with E-state index >= 15 is 0 Å². The minimum absolute atomic E-state index is 0.562. The summed E-state index contributed by atoms with van der Waals surface area (Å²) in [7, 11) is 0. The number of hydrogen-bond donors (Lipinski definition) is 2. The molecule has 158 valence electrons. The fraction of sp³-hybridized carbons (Fsp3) is 0.0870. The van der Waals surface area contributed by atoms with Gasteiger partial charge in [-0.25, -0.2) is 24.6 Å². The normalized spacial score (nSPS) is 11.0. The summed E-state index contributed by atoms with van der Waals surface area (Å²) >= 11 is 6.14. The smallest absolute Gasteiger partial charge is 0.227 e. The van der Waals surface area contributed by atoms with E-state index < -0.39 is 0 Å². The van der Waals surface area contributed by atoms with Crippen LogP contribution in [0.2, 0.25) is 5.02 Å². The highest BCUT2D eigenvalue weighted by Gasteiger charge is 2.12. The Bertz CT molecular complexity index is 1410. The van der Waals surface area contributed by atoms with Crippen molar-refractivity contribution in [2.75, 3.05) is 10.6 Å². The van der Waals surface area contributed by atoms with E-state index in [0.29, 0.717) is 22.4 Å². The molecule has 0 saturated heterocycles. The molecule has 32 heavy (non-hydrogen) atoms. The maximum Gasteiger partial charge on any atom is 0.227 e. The van der Waals surface area contributed by atoms with Crippen LogP contribution in [0.3, 0.4) is 0 Å². The molecule has 9 heteroatoms. The van der Waals surface area contributed by atoms with E-state index in [9.17, 15) is 0 Å². The quantitative estimate of drug-likeness (QED) is 0.378. The number of hydrogen-bond acceptors (Lipinski definition) is 7. The fourth-order valence-electron chi connectivity index (χ4n) is 3.46. The summed E-state index contributed by atoms with van der Waals surface area (Å²) < 4.78 is 1.74. The molecule has 0 atom stereocenters. The van der Waals surface area contributed by atoms with Gasteiger partial charge in [0.05, 0.1) is 17.3 Å². The molecular formula is C23H19ClN8. The number of anilines is 4. The van der Waals surface area contributed by atoms with Crippen LogP contribution in [-0.4, -0.2) is 29.7 Å². The molecule has 0 saturated carbocycles. The van der Waals surface area contributed by atoms with Crippen molar-refractivity contribution in [1.82, 2.24) is 29.7 Å². The van der Waals surface area contributed by atoms with E-state index in [2.05, 4.69) is 35.7 Å². The monoisotopic (exact) mass is 442 g/mol. The van der Waals surface area contributed by atoms with Gasteiger partial charge in [-0.3, -0.25) is 0 Å². The van der Waals surface area contributed by atoms with Gasteiger partial charge in [0, 0.05) is 27.8 Å². The molecule has 8 nitrogen and oxygen atoms in total. The second-order valence-electron chi connectivity index (χ2n) is 7.30. The number of nitrogens with zero attached hydrogens (tertiary/aromatic N) is 6. The third-order valence-electron chi connectivity index (χ3n) is 4.78. The summed E-state index contributed by atoms with van der Waals surface area (Å²) in [6, 6.07) is 17.2. The zero-order chi connectivity index (χ0) is 22.1. The first kappa shape index (κ1) is 19.9. The summed E-state index contributed by atoms with van der Waals surface area (Å²) in [6.07, 6.45) is 3.25. The summed E-state index contributed by atoms with van der Waals surface area (Å²) in [5.74, 6) is 1.22. The molecule has 0 aliphatic rings. The fourth-order valence-corrected chi connectivity index (χ4v) is 3.65. The topological polar surface area (TPSA) is 93.4 Å². The van der Waals surface area contributed by atoms with Crippen molar-refractivity contribution in [1.29, 1.82) is 0 Å². The van der Waals surface area contributed by atoms with Crippen LogP contribution < -0.4 is 10.6 Å². The molecule has 0 aliphatic heterocycles. The first-order valence-corrected chi connectivity index (χ1v) is 10.3. The standard InChI is InChI=1S/C23H19ClN8/c1-14-9-15(2)29-23(28-14)31-18-7-4-6-17(11-18)30-21-20-12-27-32(22(20)26-13-25-21)19-8-3-5-16(24)10-19/h3-13H,1-2H3,(H,25,26,30)(H,28,29,31). The second kappa shape index (κ2) is 8.24. The molecule has 3 aromatic heterocycles. The third-order valence-corrected chi connectivity index (χ3v) is 5.02. The predicted molar refractivity (Wildman–Crippen MR) is 126 cm³/mol. The van der Waals surface area contributed by atoms with Crippen molar-refractivity contribution in [3.63, 3.8) is 0 Å². The van der Waals surface area contributed by atoms with Gasteiger partial charge >= 0.3 is 0 Å². The lowest BCUT2D eigenvalue weighted by molar-refractivity contribution is 0.895. The number of halogens is 1. The summed E-state index contributed by atoms with van der Waals surface area (Å²) in [4.78, 5) is 17.7. The van der Waals surface area contributed by atoms with Crippen molar-refractivity contribution in [2.24, 2.45) is 0 Å². The van der Waals surface area contributed by atoms with Crippen molar-refractivity contribution in [2.45, 2.75) is 13.8 Å². The maximum absolute atomic E-state index is 6.14. The SMILES string of the molecule is Cc1cc(C)nc(Nc2cccc(Nc3ncnc4c3cnn4-c3cccc(Cl)c3)c2)n1. The molecule has 0 spiro atoms. The average Bonchev–Trinajstić information content (AvgIpc) is 3.19. The molecule has 5 aromatic rings. The zero-order valence-electron chi connectivity index (χ0n) is 17.4. The largest absolute Gasteiger partial charge is 0.339 e. The molecule has 0 radical (unpaired) electrons. The van der Waals surface area contributed by atoms with Crippen molar-refractivity contribution in [3.05, 3.63) is 83.5 Å². The van der Waals surface area contributed by atoms with E-state index in [0.717, 1.165) is 33.8 Å². The minimum atomic E-state index is 0.562. The van der Waals surface area contributed by atoms with Gasteiger partial charge in [-0.15, -0.1) is 0 Å². The molecule has 2 N–H and O–H groups in total. The first-order chi connectivity index (χ1) is 15.5. The lowest BCUT2D eigenvalue weighted by atomic mass is 10.2. The van der Waals surface area contributed by atoms with Gasteiger partial charge in [-0.1, -0.05) is 23.7 Å². The van der Waals surface area contributed by atoms with Gasteiger partial charge in [-0.2, -0.15) is 5.10 Å². The van der Waals surface area contributed by atoms with Crippen LogP contribution in [0.25, 0.3) is 16.7 Å². The van der Waals surface area contributed by atoms with Gasteiger partial charge in [0.15, 0.2) is 5.65 Å². The van der Waals surface area contributed by atoms with Crippen LogP contribution in [0, 0.1) is 13.8 Å². The first-order valence-electron chi connectivity index (χ1n) is 9.96. The Hall–Kier alpha value is -4.04. The summed E-state index contributed by atoms with van der Waals surface area (Å²) in [5, 5.41) is 12.5. The van der Waals surface area contributed by atoms with Crippen LogP contribution in [0.1, 0.15) is 11.4 Å². The summed E-state index contributed by atoms with van der Waals surface area (Å²) in [5.41, 5.74) is 5.05. The Labute approximate surface area is 189 Å². The van der Waals surface area contributed by atoms with Crippen LogP contribution >= 0.6 is 11.6 Å².